The Kier molecular flexibility index (Phi) is 5.15. The second-order valence-corrected chi connectivity index (χ2v) is 6.87. The summed E-state index contributed by atoms with van der Waals surface area (Å²) in [5, 5.41) is 9.26. The van der Waals surface area contributed by atoms with Crippen molar-refractivity contribution >= 4 is 22.9 Å². The number of fused-ring (bicyclic) bond motifs is 1. The lowest BCUT2D eigenvalue weighted by atomic mass is 10.2. The Morgan fingerprint density at radius 1 is 1.19 bits per heavy atom. The van der Waals surface area contributed by atoms with Crippen molar-refractivity contribution in [1.29, 1.82) is 0 Å². The van der Waals surface area contributed by atoms with E-state index in [4.69, 9.17) is 0 Å². The van der Waals surface area contributed by atoms with Crippen LogP contribution in [0.5, 0.6) is 0 Å². The highest BCUT2D eigenvalue weighted by atomic mass is 16.4. The van der Waals surface area contributed by atoms with Gasteiger partial charge in [0.1, 0.15) is 6.04 Å². The number of para-hydroxylation sites is 2. The van der Waals surface area contributed by atoms with Crippen molar-refractivity contribution < 1.29 is 14.7 Å². The van der Waals surface area contributed by atoms with Crippen molar-refractivity contribution in [3.63, 3.8) is 0 Å². The molecule has 0 spiro atoms. The molecule has 1 unspecified atom stereocenters. The number of amides is 1. The molecule has 1 atom stereocenters. The quantitative estimate of drug-likeness (QED) is 0.782. The van der Waals surface area contributed by atoms with Crippen LogP contribution < -0.4 is 5.69 Å². The Morgan fingerprint density at radius 3 is 2.27 bits per heavy atom. The van der Waals surface area contributed by atoms with E-state index in [0.29, 0.717) is 6.54 Å². The predicted molar refractivity (Wildman–Crippen MR) is 98.1 cm³/mol. The molecule has 1 N–H and O–H groups in total. The number of carbonyl (C=O) groups excluding carboxylic acids is 1. The summed E-state index contributed by atoms with van der Waals surface area (Å²) in [7, 11) is 0. The van der Waals surface area contributed by atoms with Gasteiger partial charge in [0, 0.05) is 25.6 Å². The summed E-state index contributed by atoms with van der Waals surface area (Å²) in [6.07, 6.45) is 2.66. The van der Waals surface area contributed by atoms with Crippen molar-refractivity contribution in [2.75, 3.05) is 0 Å². The molecule has 1 saturated carbocycles. The second-order valence-electron chi connectivity index (χ2n) is 6.87. The largest absolute Gasteiger partial charge is 0.480 e. The van der Waals surface area contributed by atoms with Crippen LogP contribution in [0.2, 0.25) is 0 Å². The van der Waals surface area contributed by atoms with Crippen LogP contribution in [0.15, 0.2) is 29.1 Å². The number of carbonyl (C=O) groups is 2. The summed E-state index contributed by atoms with van der Waals surface area (Å²) in [6, 6.07) is 6.74. The van der Waals surface area contributed by atoms with Gasteiger partial charge in [-0.05, 0) is 38.3 Å². The highest BCUT2D eigenvalue weighted by molar-refractivity contribution is 5.84. The fourth-order valence-corrected chi connectivity index (χ4v) is 3.47. The van der Waals surface area contributed by atoms with Crippen molar-refractivity contribution in [2.24, 2.45) is 0 Å². The first kappa shape index (κ1) is 18.2. The van der Waals surface area contributed by atoms with Crippen molar-refractivity contribution in [3.05, 3.63) is 34.7 Å². The Labute approximate surface area is 151 Å². The minimum atomic E-state index is -0.998. The zero-order chi connectivity index (χ0) is 18.8. The standard InChI is InChI=1S/C19H25N3O4/c1-3-11-20-15-6-4-5-7-16(15)21(19(20)26)12-10-17(23)22(14-8-9-14)13(2)18(24)25/h4-7,13-14H,3,8-12H2,1-2H3,(H,24,25). The van der Waals surface area contributed by atoms with Gasteiger partial charge in [-0.15, -0.1) is 0 Å². The lowest BCUT2D eigenvalue weighted by Gasteiger charge is -2.26. The number of hydrogen-bond acceptors (Lipinski definition) is 3. The number of carboxylic acid groups (broad SMARTS) is 1. The first-order chi connectivity index (χ1) is 12.5. The van der Waals surface area contributed by atoms with Gasteiger partial charge >= 0.3 is 11.7 Å². The van der Waals surface area contributed by atoms with E-state index in [-0.39, 0.29) is 30.6 Å². The van der Waals surface area contributed by atoms with Crippen LogP contribution >= 0.6 is 0 Å². The number of aromatic nitrogens is 2. The van der Waals surface area contributed by atoms with Gasteiger partial charge in [0.15, 0.2) is 0 Å². The molecule has 1 heterocycles. The number of aryl methyl sites for hydroxylation is 2. The van der Waals surface area contributed by atoms with Crippen LogP contribution in [0.3, 0.4) is 0 Å². The summed E-state index contributed by atoms with van der Waals surface area (Å²) < 4.78 is 3.36. The normalized spacial score (nSPS) is 15.2. The number of nitrogens with zero attached hydrogens (tertiary/aromatic N) is 3. The van der Waals surface area contributed by atoms with Crippen LogP contribution in [-0.2, 0) is 22.7 Å². The minimum Gasteiger partial charge on any atom is -0.480 e. The molecular formula is C19H25N3O4. The van der Waals surface area contributed by atoms with E-state index in [2.05, 4.69) is 0 Å². The first-order valence-corrected chi connectivity index (χ1v) is 9.17. The van der Waals surface area contributed by atoms with E-state index < -0.39 is 12.0 Å². The number of imidazole rings is 1. The van der Waals surface area contributed by atoms with Crippen LogP contribution in [-0.4, -0.2) is 43.1 Å². The maximum atomic E-state index is 12.8. The van der Waals surface area contributed by atoms with Gasteiger partial charge in [-0.2, -0.15) is 0 Å². The average Bonchev–Trinajstić information content (AvgIpc) is 3.41. The zero-order valence-corrected chi connectivity index (χ0v) is 15.2. The molecule has 1 aliphatic rings. The molecule has 0 saturated heterocycles. The van der Waals surface area contributed by atoms with Gasteiger partial charge < -0.3 is 10.0 Å². The Balaban J connectivity index is 1.83. The van der Waals surface area contributed by atoms with Crippen LogP contribution in [0, 0.1) is 0 Å². The Bertz CT molecular complexity index is 879. The number of hydrogen-bond donors (Lipinski definition) is 1. The topological polar surface area (TPSA) is 84.5 Å². The smallest absolute Gasteiger partial charge is 0.329 e. The van der Waals surface area contributed by atoms with Gasteiger partial charge in [-0.1, -0.05) is 19.1 Å². The monoisotopic (exact) mass is 359 g/mol. The van der Waals surface area contributed by atoms with Crippen molar-refractivity contribution in [3.8, 4) is 0 Å². The molecule has 140 valence electrons. The number of rotatable bonds is 8. The van der Waals surface area contributed by atoms with Crippen LogP contribution in [0.1, 0.15) is 39.5 Å². The van der Waals surface area contributed by atoms with Crippen molar-refractivity contribution in [2.45, 2.75) is 64.7 Å². The molecule has 1 aromatic heterocycles. The van der Waals surface area contributed by atoms with Gasteiger partial charge in [0.25, 0.3) is 0 Å². The van der Waals surface area contributed by atoms with Crippen LogP contribution in [0.4, 0.5) is 0 Å². The van der Waals surface area contributed by atoms with E-state index in [1.165, 1.54) is 11.8 Å². The SMILES string of the molecule is CCCn1c(=O)n(CCC(=O)N(C2CC2)C(C)C(=O)O)c2ccccc21. The first-order valence-electron chi connectivity index (χ1n) is 9.17. The molecule has 7 nitrogen and oxygen atoms in total. The van der Waals surface area contributed by atoms with Gasteiger partial charge in [0.2, 0.25) is 5.91 Å². The fourth-order valence-electron chi connectivity index (χ4n) is 3.47. The number of carboxylic acids is 1. The molecule has 1 aliphatic carbocycles. The van der Waals surface area contributed by atoms with Crippen LogP contribution in [0.25, 0.3) is 11.0 Å². The molecule has 1 amide bonds. The van der Waals surface area contributed by atoms with Gasteiger partial charge in [-0.3, -0.25) is 13.9 Å². The predicted octanol–water partition coefficient (Wildman–Crippen LogP) is 2.07. The molecule has 2 aromatic rings. The molecule has 0 radical (unpaired) electrons. The third-order valence-electron chi connectivity index (χ3n) is 4.92. The highest BCUT2D eigenvalue weighted by Gasteiger charge is 2.38. The Morgan fingerprint density at radius 2 is 1.77 bits per heavy atom. The van der Waals surface area contributed by atoms with E-state index in [1.807, 2.05) is 31.2 Å². The third-order valence-corrected chi connectivity index (χ3v) is 4.92. The minimum absolute atomic E-state index is 0.0201. The molecule has 1 fully saturated rings. The lowest BCUT2D eigenvalue weighted by Crippen LogP contribution is -2.45. The number of aliphatic carboxylic acids is 1. The fraction of sp³-hybridized carbons (Fsp3) is 0.526. The summed E-state index contributed by atoms with van der Waals surface area (Å²) >= 11 is 0. The third kappa shape index (κ3) is 3.38. The van der Waals surface area contributed by atoms with Crippen molar-refractivity contribution in [1.82, 2.24) is 14.0 Å². The molecule has 0 bridgehead atoms. The van der Waals surface area contributed by atoms with E-state index in [1.54, 1.807) is 9.13 Å². The Hall–Kier alpha value is -2.57. The van der Waals surface area contributed by atoms with E-state index >= 15 is 0 Å². The van der Waals surface area contributed by atoms with E-state index in [9.17, 15) is 19.5 Å². The molecule has 1 aromatic carbocycles. The number of benzene rings is 1. The second kappa shape index (κ2) is 7.35. The molecule has 26 heavy (non-hydrogen) atoms. The summed E-state index contributed by atoms with van der Waals surface area (Å²) in [5.74, 6) is -1.21. The molecular weight excluding hydrogens is 334 g/mol. The van der Waals surface area contributed by atoms with E-state index in [0.717, 1.165) is 30.3 Å². The van der Waals surface area contributed by atoms with Gasteiger partial charge in [0.05, 0.1) is 11.0 Å². The maximum Gasteiger partial charge on any atom is 0.329 e. The average molecular weight is 359 g/mol. The lowest BCUT2D eigenvalue weighted by molar-refractivity contribution is -0.150. The summed E-state index contributed by atoms with van der Waals surface area (Å²) in [5.41, 5.74) is 1.55. The van der Waals surface area contributed by atoms with Gasteiger partial charge in [-0.25, -0.2) is 9.59 Å². The maximum absolute atomic E-state index is 12.8. The molecule has 0 aliphatic heterocycles. The molecule has 3 rings (SSSR count). The molecule has 7 heteroatoms. The highest BCUT2D eigenvalue weighted by Crippen LogP contribution is 2.29. The summed E-state index contributed by atoms with van der Waals surface area (Å²) in [4.78, 5) is 38.2. The summed E-state index contributed by atoms with van der Waals surface area (Å²) in [6.45, 7) is 4.44. The zero-order valence-electron chi connectivity index (χ0n) is 15.2.